The van der Waals surface area contributed by atoms with Gasteiger partial charge in [-0.1, -0.05) is 19.9 Å². The molecule has 0 aromatic rings. The van der Waals surface area contributed by atoms with Crippen molar-refractivity contribution >= 4 is 14.1 Å². The maximum Gasteiger partial charge on any atom is 0.184 e. The maximum absolute atomic E-state index is 12.4. The second-order valence-corrected chi connectivity index (χ2v) is 15.3. The molecule has 0 N–H and O–H groups in total. The first-order valence-electron chi connectivity index (χ1n) is 10.5. The van der Waals surface area contributed by atoms with Gasteiger partial charge in [0.2, 0.25) is 0 Å². The Morgan fingerprint density at radius 2 is 1.84 bits per heavy atom. The molecule has 0 radical (unpaired) electrons. The van der Waals surface area contributed by atoms with E-state index in [1.807, 2.05) is 6.08 Å². The van der Waals surface area contributed by atoms with Crippen molar-refractivity contribution in [3.8, 4) is 0 Å². The molecule has 25 heavy (non-hydrogen) atoms. The highest BCUT2D eigenvalue weighted by atomic mass is 28.4. The second kappa shape index (κ2) is 5.79. The molecule has 0 aromatic heterocycles. The zero-order valence-electron chi connectivity index (χ0n) is 16.8. The van der Waals surface area contributed by atoms with Crippen LogP contribution in [-0.4, -0.2) is 20.2 Å². The van der Waals surface area contributed by atoms with Crippen LogP contribution in [0.2, 0.25) is 19.6 Å². The summed E-state index contributed by atoms with van der Waals surface area (Å²) in [5.74, 6) is 3.28. The van der Waals surface area contributed by atoms with Crippen LogP contribution >= 0.6 is 0 Å². The van der Waals surface area contributed by atoms with Crippen molar-refractivity contribution < 1.29 is 9.22 Å². The first-order valence-corrected chi connectivity index (χ1v) is 13.9. The van der Waals surface area contributed by atoms with Gasteiger partial charge >= 0.3 is 0 Å². The highest BCUT2D eigenvalue weighted by Crippen LogP contribution is 2.64. The molecule has 0 heterocycles. The minimum absolute atomic E-state index is 0.0808. The number of carbonyl (C=O) groups excluding carboxylic acids is 1. The number of allylic oxidation sites excluding steroid dienone is 2. The number of hydrogen-bond donors (Lipinski definition) is 0. The second-order valence-electron chi connectivity index (χ2n) is 10.9. The minimum atomic E-state index is -1.44. The summed E-state index contributed by atoms with van der Waals surface area (Å²) in [6.45, 7) is 11.8. The topological polar surface area (TPSA) is 26.3 Å². The third-order valence-electron chi connectivity index (χ3n) is 8.41. The lowest BCUT2D eigenvalue weighted by molar-refractivity contribution is -0.139. The summed E-state index contributed by atoms with van der Waals surface area (Å²) in [4.78, 5) is 12.4. The summed E-state index contributed by atoms with van der Waals surface area (Å²) < 4.78 is 6.49. The van der Waals surface area contributed by atoms with Crippen LogP contribution in [-0.2, 0) is 9.22 Å². The molecule has 3 heteroatoms. The summed E-state index contributed by atoms with van der Waals surface area (Å²) in [5, 5.41) is 0. The fourth-order valence-electron chi connectivity index (χ4n) is 7.10. The molecule has 140 valence electrons. The molecule has 0 spiro atoms. The number of fused-ring (bicyclic) bond motifs is 5. The molecule has 0 unspecified atom stereocenters. The highest BCUT2D eigenvalue weighted by Gasteiger charge is 2.59. The van der Waals surface area contributed by atoms with Crippen molar-refractivity contribution in [3.63, 3.8) is 0 Å². The lowest BCUT2D eigenvalue weighted by Crippen LogP contribution is -2.54. The van der Waals surface area contributed by atoms with E-state index in [0.29, 0.717) is 23.2 Å². The van der Waals surface area contributed by atoms with Crippen LogP contribution in [0.3, 0.4) is 0 Å². The van der Waals surface area contributed by atoms with Crippen LogP contribution < -0.4 is 0 Å². The predicted molar refractivity (Wildman–Crippen MR) is 105 cm³/mol. The largest absolute Gasteiger partial charge is 0.415 e. The molecule has 0 bridgehead atoms. The van der Waals surface area contributed by atoms with Crippen molar-refractivity contribution in [2.75, 3.05) is 0 Å². The van der Waals surface area contributed by atoms with Gasteiger partial charge < -0.3 is 4.43 Å². The average molecular weight is 361 g/mol. The quantitative estimate of drug-likeness (QED) is 0.600. The van der Waals surface area contributed by atoms with E-state index in [4.69, 9.17) is 4.43 Å². The molecule has 4 aliphatic carbocycles. The standard InChI is InChI=1S/C22H36O2Si/c1-21-12-10-16(24-25(3,4)5)14-15(21)6-7-17-18-8-9-20(23)22(18,2)13-11-19(17)21/h8-9,15-19H,6-7,10-14H2,1-5H3/t15-,16-,17-,18-,19-,21-,22-/m0/s1. The Morgan fingerprint density at radius 3 is 2.56 bits per heavy atom. The fourth-order valence-corrected chi connectivity index (χ4v) is 8.31. The Morgan fingerprint density at radius 1 is 1.08 bits per heavy atom. The van der Waals surface area contributed by atoms with Gasteiger partial charge in [-0.3, -0.25) is 4.79 Å². The molecule has 4 rings (SSSR count). The molecule has 7 atom stereocenters. The van der Waals surface area contributed by atoms with E-state index < -0.39 is 8.32 Å². The van der Waals surface area contributed by atoms with E-state index in [-0.39, 0.29) is 5.41 Å². The summed E-state index contributed by atoms with van der Waals surface area (Å²) in [6.07, 6.45) is 13.6. The van der Waals surface area contributed by atoms with Crippen LogP contribution in [0.4, 0.5) is 0 Å². The molecular formula is C22H36O2Si. The van der Waals surface area contributed by atoms with Gasteiger partial charge in [-0.15, -0.1) is 0 Å². The van der Waals surface area contributed by atoms with Crippen molar-refractivity contribution in [3.05, 3.63) is 12.2 Å². The zero-order chi connectivity index (χ0) is 18.0. The van der Waals surface area contributed by atoms with Crippen molar-refractivity contribution in [1.82, 2.24) is 0 Å². The van der Waals surface area contributed by atoms with Crippen molar-refractivity contribution in [2.45, 2.75) is 84.5 Å². The molecule has 0 aromatic carbocycles. The van der Waals surface area contributed by atoms with Crippen LogP contribution in [0.1, 0.15) is 58.8 Å². The Kier molecular flexibility index (Phi) is 4.16. The van der Waals surface area contributed by atoms with E-state index in [2.05, 4.69) is 39.6 Å². The molecule has 3 fully saturated rings. The Labute approximate surface area is 154 Å². The molecule has 4 aliphatic rings. The van der Waals surface area contributed by atoms with Crippen molar-refractivity contribution in [2.24, 2.45) is 34.5 Å². The van der Waals surface area contributed by atoms with Gasteiger partial charge in [0.1, 0.15) is 0 Å². The summed E-state index contributed by atoms with van der Waals surface area (Å²) in [5.41, 5.74) is 0.394. The third kappa shape index (κ3) is 2.81. The first kappa shape index (κ1) is 18.0. The van der Waals surface area contributed by atoms with Gasteiger partial charge in [-0.05, 0) is 99.7 Å². The smallest absolute Gasteiger partial charge is 0.184 e. The third-order valence-corrected chi connectivity index (χ3v) is 9.45. The number of rotatable bonds is 2. The van der Waals surface area contributed by atoms with Crippen LogP contribution in [0.5, 0.6) is 0 Å². The average Bonchev–Trinajstić information content (AvgIpc) is 2.82. The van der Waals surface area contributed by atoms with E-state index in [9.17, 15) is 4.79 Å². The minimum Gasteiger partial charge on any atom is -0.415 e. The Hall–Kier alpha value is -0.413. The zero-order valence-corrected chi connectivity index (χ0v) is 17.8. The summed E-state index contributed by atoms with van der Waals surface area (Å²) in [7, 11) is -1.44. The van der Waals surface area contributed by atoms with E-state index in [1.54, 1.807) is 0 Å². The number of ketones is 1. The molecule has 3 saturated carbocycles. The van der Waals surface area contributed by atoms with E-state index in [0.717, 1.165) is 24.2 Å². The van der Waals surface area contributed by atoms with Crippen LogP contribution in [0.15, 0.2) is 12.2 Å². The maximum atomic E-state index is 12.4. The monoisotopic (exact) mass is 360 g/mol. The van der Waals surface area contributed by atoms with E-state index in [1.165, 1.54) is 38.5 Å². The molecule has 0 saturated heterocycles. The van der Waals surface area contributed by atoms with Gasteiger partial charge in [0.05, 0.1) is 0 Å². The molecule has 0 aliphatic heterocycles. The van der Waals surface area contributed by atoms with Crippen molar-refractivity contribution in [1.29, 1.82) is 0 Å². The first-order chi connectivity index (χ1) is 11.6. The van der Waals surface area contributed by atoms with Gasteiger partial charge in [-0.2, -0.15) is 0 Å². The number of carbonyl (C=O) groups is 1. The molecule has 2 nitrogen and oxygen atoms in total. The Bertz CT molecular complexity index is 591. The van der Waals surface area contributed by atoms with Crippen LogP contribution in [0.25, 0.3) is 0 Å². The summed E-state index contributed by atoms with van der Waals surface area (Å²) in [6, 6.07) is 0. The van der Waals surface area contributed by atoms with Gasteiger partial charge in [-0.25, -0.2) is 0 Å². The van der Waals surface area contributed by atoms with Gasteiger partial charge in [0.15, 0.2) is 14.1 Å². The normalized spacial score (nSPS) is 49.5. The van der Waals surface area contributed by atoms with E-state index >= 15 is 0 Å². The van der Waals surface area contributed by atoms with Gasteiger partial charge in [0.25, 0.3) is 0 Å². The Balaban J connectivity index is 1.53. The number of hydrogen-bond acceptors (Lipinski definition) is 2. The summed E-state index contributed by atoms with van der Waals surface area (Å²) >= 11 is 0. The molecule has 0 amide bonds. The highest BCUT2D eigenvalue weighted by molar-refractivity contribution is 6.69. The fraction of sp³-hybridized carbons (Fsp3) is 0.864. The predicted octanol–water partition coefficient (Wildman–Crippen LogP) is 5.59. The van der Waals surface area contributed by atoms with Crippen LogP contribution in [0, 0.1) is 34.5 Å². The molecular weight excluding hydrogens is 324 g/mol. The lowest BCUT2D eigenvalue weighted by Gasteiger charge is -2.60. The lowest BCUT2D eigenvalue weighted by atomic mass is 9.45. The van der Waals surface area contributed by atoms with Gasteiger partial charge in [0, 0.05) is 11.5 Å². The SMILES string of the molecule is C[C@]12CC[C@H](O[Si](C)(C)C)C[C@@H]1CC[C@@H]1[C@@H]2CC[C@]2(C)C(=O)C=C[C@@H]12.